The zero-order valence-electron chi connectivity index (χ0n) is 27.8. The summed E-state index contributed by atoms with van der Waals surface area (Å²) in [5, 5.41) is 10.1. The van der Waals surface area contributed by atoms with Crippen molar-refractivity contribution < 1.29 is 0 Å². The summed E-state index contributed by atoms with van der Waals surface area (Å²) < 4.78 is 4.58. The number of nitrogens with zero attached hydrogens (tertiary/aromatic N) is 4. The van der Waals surface area contributed by atoms with Crippen LogP contribution in [0.15, 0.2) is 194 Å². The summed E-state index contributed by atoms with van der Waals surface area (Å²) in [7, 11) is -2.78. The number of hydrogen-bond donors (Lipinski definition) is 0. The number of fused-ring (bicyclic) bond motifs is 6. The van der Waals surface area contributed by atoms with Gasteiger partial charge in [0.2, 0.25) is 0 Å². The minimum atomic E-state index is -2.78. The standard InChI is InChI=1S/C46H32N4Si/c1-3-13-35(14-4-1)51(36-15-5-2-6-16-36,37-27-23-33(24-28-37)49-43-21-9-7-17-39(43)41-19-11-31-47-45(41)49)38-29-25-34(26-30-38)50-44-22-10-8-18-40(44)42-20-12-32-48-46(42)50/h1-32H. The molecule has 0 aliphatic heterocycles. The molecule has 0 aliphatic rings. The monoisotopic (exact) mass is 668 g/mol. The van der Waals surface area contributed by atoms with E-state index in [1.165, 1.54) is 31.5 Å². The normalized spacial score (nSPS) is 11.9. The lowest BCUT2D eigenvalue weighted by Crippen LogP contribution is -2.74. The molecule has 0 bridgehead atoms. The molecule has 10 aromatic rings. The molecule has 4 nitrogen and oxygen atoms in total. The number of rotatable bonds is 6. The van der Waals surface area contributed by atoms with Gasteiger partial charge in [-0.3, -0.25) is 9.13 Å². The highest BCUT2D eigenvalue weighted by Gasteiger charge is 2.41. The Morgan fingerprint density at radius 2 is 0.667 bits per heavy atom. The van der Waals surface area contributed by atoms with Gasteiger partial charge in [-0.2, -0.15) is 0 Å². The highest BCUT2D eigenvalue weighted by Crippen LogP contribution is 2.32. The average Bonchev–Trinajstić information content (AvgIpc) is 3.73. The summed E-state index contributed by atoms with van der Waals surface area (Å²) in [6.45, 7) is 0. The molecule has 0 atom stereocenters. The quantitative estimate of drug-likeness (QED) is 0.133. The van der Waals surface area contributed by atoms with Crippen molar-refractivity contribution >= 4 is 72.7 Å². The first-order valence-corrected chi connectivity index (χ1v) is 19.3. The lowest BCUT2D eigenvalue weighted by atomic mass is 10.2. The van der Waals surface area contributed by atoms with E-state index in [-0.39, 0.29) is 0 Å². The molecule has 4 aromatic heterocycles. The van der Waals surface area contributed by atoms with E-state index < -0.39 is 8.07 Å². The van der Waals surface area contributed by atoms with Gasteiger partial charge >= 0.3 is 0 Å². The fourth-order valence-corrected chi connectivity index (χ4v) is 12.9. The van der Waals surface area contributed by atoms with E-state index in [9.17, 15) is 0 Å². The van der Waals surface area contributed by atoms with Crippen LogP contribution >= 0.6 is 0 Å². The first kappa shape index (κ1) is 29.4. The highest BCUT2D eigenvalue weighted by molar-refractivity contribution is 7.19. The highest BCUT2D eigenvalue weighted by atomic mass is 28.3. The van der Waals surface area contributed by atoms with Crippen LogP contribution in [0, 0.1) is 0 Å². The maximum Gasteiger partial charge on any atom is 0.179 e. The van der Waals surface area contributed by atoms with Crippen LogP contribution in [0.3, 0.4) is 0 Å². The second-order valence-corrected chi connectivity index (χ2v) is 16.8. The number of aromatic nitrogens is 4. The van der Waals surface area contributed by atoms with Crippen LogP contribution in [0.2, 0.25) is 0 Å². The Morgan fingerprint density at radius 3 is 1.10 bits per heavy atom. The van der Waals surface area contributed by atoms with E-state index in [2.05, 4.69) is 179 Å². The van der Waals surface area contributed by atoms with Gasteiger partial charge in [-0.1, -0.05) is 121 Å². The molecule has 5 heteroatoms. The van der Waals surface area contributed by atoms with Gasteiger partial charge in [0.15, 0.2) is 8.07 Å². The Labute approximate surface area is 296 Å². The number of hydrogen-bond acceptors (Lipinski definition) is 2. The van der Waals surface area contributed by atoms with Crippen molar-refractivity contribution in [1.82, 2.24) is 19.1 Å². The van der Waals surface area contributed by atoms with Crippen molar-refractivity contribution in [1.29, 1.82) is 0 Å². The fourth-order valence-electron chi connectivity index (χ4n) is 8.21. The first-order chi connectivity index (χ1) is 25.3. The molecule has 0 radical (unpaired) electrons. The summed E-state index contributed by atoms with van der Waals surface area (Å²) in [6, 6.07) is 66.3. The van der Waals surface area contributed by atoms with Gasteiger partial charge in [-0.05, 0) is 81.4 Å². The van der Waals surface area contributed by atoms with Gasteiger partial charge in [-0.15, -0.1) is 0 Å². The smallest absolute Gasteiger partial charge is 0.179 e. The van der Waals surface area contributed by atoms with Gasteiger partial charge in [-0.25, -0.2) is 9.97 Å². The summed E-state index contributed by atoms with van der Waals surface area (Å²) >= 11 is 0. The minimum absolute atomic E-state index is 0.969. The molecule has 6 aromatic carbocycles. The molecule has 0 saturated heterocycles. The second-order valence-electron chi connectivity index (χ2n) is 13.0. The Kier molecular flexibility index (Phi) is 6.79. The second kappa shape index (κ2) is 11.8. The Balaban J connectivity index is 1.19. The number of pyridine rings is 2. The molecule has 240 valence electrons. The van der Waals surface area contributed by atoms with Crippen LogP contribution in [-0.4, -0.2) is 27.2 Å². The van der Waals surface area contributed by atoms with E-state index >= 15 is 0 Å². The molecule has 4 heterocycles. The molecular formula is C46H32N4Si. The molecule has 0 N–H and O–H groups in total. The largest absolute Gasteiger partial charge is 0.294 e. The Hall–Kier alpha value is -6.56. The molecular weight excluding hydrogens is 637 g/mol. The molecule has 0 aliphatic carbocycles. The third-order valence-corrected chi connectivity index (χ3v) is 15.2. The van der Waals surface area contributed by atoms with Crippen LogP contribution < -0.4 is 20.7 Å². The maximum atomic E-state index is 4.84. The van der Waals surface area contributed by atoms with Crippen LogP contribution in [0.4, 0.5) is 0 Å². The fraction of sp³-hybridized carbons (Fsp3) is 0. The van der Waals surface area contributed by atoms with E-state index in [0.29, 0.717) is 0 Å². The molecule has 0 spiro atoms. The molecule has 10 rings (SSSR count). The SMILES string of the molecule is c1ccc([Si](c2ccccc2)(c2ccc(-n3c4ccccc4c4cccnc43)cc2)c2ccc(-n3c4ccccc4c4cccnc43)cc2)cc1. The summed E-state index contributed by atoms with van der Waals surface area (Å²) in [5.41, 5.74) is 6.45. The predicted molar refractivity (Wildman–Crippen MR) is 214 cm³/mol. The lowest BCUT2D eigenvalue weighted by molar-refractivity contribution is 1.14. The molecule has 0 fully saturated rings. The van der Waals surface area contributed by atoms with E-state index in [1.54, 1.807) is 0 Å². The first-order valence-electron chi connectivity index (χ1n) is 17.3. The number of benzene rings is 6. The topological polar surface area (TPSA) is 35.6 Å². The third-order valence-electron chi connectivity index (χ3n) is 10.4. The molecule has 0 amide bonds. The Bertz CT molecular complexity index is 2530. The van der Waals surface area contributed by atoms with Crippen molar-refractivity contribution in [2.24, 2.45) is 0 Å². The summed E-state index contributed by atoms with van der Waals surface area (Å²) in [5.74, 6) is 0. The third kappa shape index (κ3) is 4.45. The summed E-state index contributed by atoms with van der Waals surface area (Å²) in [4.78, 5) is 9.68. The summed E-state index contributed by atoms with van der Waals surface area (Å²) in [6.07, 6.45) is 3.77. The van der Waals surface area contributed by atoms with Crippen LogP contribution in [-0.2, 0) is 0 Å². The van der Waals surface area contributed by atoms with Crippen molar-refractivity contribution in [3.8, 4) is 11.4 Å². The van der Waals surface area contributed by atoms with E-state index in [1.807, 2.05) is 24.5 Å². The zero-order chi connectivity index (χ0) is 33.8. The molecule has 0 unspecified atom stereocenters. The van der Waals surface area contributed by atoms with Gasteiger partial charge in [0, 0.05) is 45.3 Å². The minimum Gasteiger partial charge on any atom is -0.294 e. The average molecular weight is 669 g/mol. The van der Waals surface area contributed by atoms with Gasteiger partial charge in [0.05, 0.1) is 11.0 Å². The van der Waals surface area contributed by atoms with Crippen LogP contribution in [0.25, 0.3) is 55.2 Å². The van der Waals surface area contributed by atoms with Crippen LogP contribution in [0.1, 0.15) is 0 Å². The Morgan fingerprint density at radius 1 is 0.314 bits per heavy atom. The van der Waals surface area contributed by atoms with E-state index in [4.69, 9.17) is 9.97 Å². The molecule has 51 heavy (non-hydrogen) atoms. The van der Waals surface area contributed by atoms with Crippen LogP contribution in [0.5, 0.6) is 0 Å². The lowest BCUT2D eigenvalue weighted by Gasteiger charge is -2.34. The zero-order valence-corrected chi connectivity index (χ0v) is 28.8. The van der Waals surface area contributed by atoms with Gasteiger partial charge in [0.25, 0.3) is 0 Å². The van der Waals surface area contributed by atoms with Crippen molar-refractivity contribution in [3.63, 3.8) is 0 Å². The van der Waals surface area contributed by atoms with Crippen molar-refractivity contribution in [2.45, 2.75) is 0 Å². The van der Waals surface area contributed by atoms with Gasteiger partial charge in [0.1, 0.15) is 11.3 Å². The van der Waals surface area contributed by atoms with Crippen molar-refractivity contribution in [2.75, 3.05) is 0 Å². The number of para-hydroxylation sites is 2. The van der Waals surface area contributed by atoms with E-state index in [0.717, 1.165) is 44.5 Å². The predicted octanol–water partition coefficient (Wildman–Crippen LogP) is 8.05. The molecule has 0 saturated carbocycles. The van der Waals surface area contributed by atoms with Gasteiger partial charge < -0.3 is 0 Å². The maximum absolute atomic E-state index is 4.84. The van der Waals surface area contributed by atoms with Crippen molar-refractivity contribution in [3.05, 3.63) is 194 Å².